The van der Waals surface area contributed by atoms with Crippen LogP contribution in [0.15, 0.2) is 24.3 Å². The van der Waals surface area contributed by atoms with Crippen LogP contribution < -0.4 is 15.4 Å². The standard InChI is InChI=1S/C16H27N3O2/c1-16(17,13-20)7-8-18-9-11-19(12-10-18)14-5-3-4-6-15(14)21-2/h3-6,20H,7-13,17H2,1-2H3. The molecule has 0 aliphatic carbocycles. The topological polar surface area (TPSA) is 62.0 Å². The average molecular weight is 293 g/mol. The third-order valence-electron chi connectivity index (χ3n) is 4.16. The summed E-state index contributed by atoms with van der Waals surface area (Å²) in [6, 6.07) is 8.15. The van der Waals surface area contributed by atoms with Crippen molar-refractivity contribution in [2.45, 2.75) is 18.9 Å². The van der Waals surface area contributed by atoms with Crippen LogP contribution in [0.5, 0.6) is 5.75 Å². The van der Waals surface area contributed by atoms with E-state index in [9.17, 15) is 5.11 Å². The molecule has 0 aromatic heterocycles. The van der Waals surface area contributed by atoms with Crippen LogP contribution >= 0.6 is 0 Å². The summed E-state index contributed by atoms with van der Waals surface area (Å²) in [6.07, 6.45) is 0.818. The number of aliphatic hydroxyl groups is 1. The molecule has 1 saturated heterocycles. The largest absolute Gasteiger partial charge is 0.495 e. The van der Waals surface area contributed by atoms with E-state index in [2.05, 4.69) is 15.9 Å². The fourth-order valence-corrected chi connectivity index (χ4v) is 2.60. The summed E-state index contributed by atoms with van der Waals surface area (Å²) >= 11 is 0. The molecule has 1 aromatic carbocycles. The van der Waals surface area contributed by atoms with Gasteiger partial charge in [-0.3, -0.25) is 4.90 Å². The number of methoxy groups -OCH3 is 1. The molecule has 5 heteroatoms. The van der Waals surface area contributed by atoms with Crippen LogP contribution in [0.4, 0.5) is 5.69 Å². The Balaban J connectivity index is 1.86. The number of anilines is 1. The molecule has 0 spiro atoms. The third kappa shape index (κ3) is 4.33. The molecule has 1 aliphatic rings. The van der Waals surface area contributed by atoms with Crippen molar-refractivity contribution in [2.24, 2.45) is 5.73 Å². The van der Waals surface area contributed by atoms with Gasteiger partial charge in [-0.1, -0.05) is 12.1 Å². The number of nitrogens with zero attached hydrogens (tertiary/aromatic N) is 2. The second-order valence-electron chi connectivity index (χ2n) is 6.06. The lowest BCUT2D eigenvalue weighted by molar-refractivity contribution is 0.171. The van der Waals surface area contributed by atoms with E-state index in [1.165, 1.54) is 5.69 Å². The molecule has 1 unspecified atom stereocenters. The molecular formula is C16H27N3O2. The van der Waals surface area contributed by atoms with Crippen LogP contribution in [-0.2, 0) is 0 Å². The molecule has 0 bridgehead atoms. The molecule has 118 valence electrons. The number of nitrogens with two attached hydrogens (primary N) is 1. The molecule has 0 amide bonds. The zero-order chi connectivity index (χ0) is 15.3. The number of rotatable bonds is 6. The van der Waals surface area contributed by atoms with E-state index in [-0.39, 0.29) is 6.61 Å². The predicted molar refractivity (Wildman–Crippen MR) is 85.9 cm³/mol. The number of benzene rings is 1. The van der Waals surface area contributed by atoms with Gasteiger partial charge >= 0.3 is 0 Å². The number of piperazine rings is 1. The quantitative estimate of drug-likeness (QED) is 0.816. The van der Waals surface area contributed by atoms with Crippen molar-refractivity contribution in [3.63, 3.8) is 0 Å². The summed E-state index contributed by atoms with van der Waals surface area (Å²) in [5, 5.41) is 9.21. The lowest BCUT2D eigenvalue weighted by Gasteiger charge is -2.37. The molecule has 5 nitrogen and oxygen atoms in total. The van der Waals surface area contributed by atoms with Gasteiger partial charge in [-0.15, -0.1) is 0 Å². The van der Waals surface area contributed by atoms with Crippen LogP contribution in [0.25, 0.3) is 0 Å². The Kier molecular flexibility index (Phi) is 5.45. The highest BCUT2D eigenvalue weighted by atomic mass is 16.5. The highest BCUT2D eigenvalue weighted by molar-refractivity contribution is 5.58. The molecule has 1 aromatic rings. The first-order chi connectivity index (χ1) is 10.1. The van der Waals surface area contributed by atoms with E-state index >= 15 is 0 Å². The summed E-state index contributed by atoms with van der Waals surface area (Å²) in [5.41, 5.74) is 6.68. The molecule has 1 aliphatic heterocycles. The van der Waals surface area contributed by atoms with E-state index in [1.54, 1.807) is 7.11 Å². The number of aliphatic hydroxyl groups excluding tert-OH is 1. The van der Waals surface area contributed by atoms with Crippen molar-refractivity contribution in [3.05, 3.63) is 24.3 Å². The van der Waals surface area contributed by atoms with Gasteiger partial charge in [-0.2, -0.15) is 0 Å². The maximum absolute atomic E-state index is 9.21. The predicted octanol–water partition coefficient (Wildman–Crippen LogP) is 0.917. The van der Waals surface area contributed by atoms with Crippen molar-refractivity contribution in [2.75, 3.05) is 51.3 Å². The van der Waals surface area contributed by atoms with Gasteiger partial charge < -0.3 is 20.5 Å². The zero-order valence-corrected chi connectivity index (χ0v) is 13.1. The lowest BCUT2D eigenvalue weighted by atomic mass is 10.0. The van der Waals surface area contributed by atoms with Gasteiger partial charge in [0.15, 0.2) is 0 Å². The first-order valence-corrected chi connectivity index (χ1v) is 7.56. The second-order valence-corrected chi connectivity index (χ2v) is 6.06. The molecule has 1 heterocycles. The van der Waals surface area contributed by atoms with E-state index < -0.39 is 5.54 Å². The summed E-state index contributed by atoms with van der Waals surface area (Å²) in [6.45, 7) is 6.88. The van der Waals surface area contributed by atoms with Gasteiger partial charge in [0, 0.05) is 38.3 Å². The van der Waals surface area contributed by atoms with E-state index in [4.69, 9.17) is 10.5 Å². The fraction of sp³-hybridized carbons (Fsp3) is 0.625. The maximum Gasteiger partial charge on any atom is 0.142 e. The summed E-state index contributed by atoms with van der Waals surface area (Å²) < 4.78 is 5.43. The first-order valence-electron chi connectivity index (χ1n) is 7.56. The van der Waals surface area contributed by atoms with Crippen LogP contribution in [0.2, 0.25) is 0 Å². The smallest absolute Gasteiger partial charge is 0.142 e. The van der Waals surface area contributed by atoms with Gasteiger partial charge in [0.25, 0.3) is 0 Å². The number of hydrogen-bond donors (Lipinski definition) is 2. The van der Waals surface area contributed by atoms with Crippen LogP contribution in [0.1, 0.15) is 13.3 Å². The van der Waals surface area contributed by atoms with Crippen LogP contribution in [0, 0.1) is 0 Å². The monoisotopic (exact) mass is 293 g/mol. The second kappa shape index (κ2) is 7.11. The van der Waals surface area contributed by atoms with Crippen molar-refractivity contribution >= 4 is 5.69 Å². The Labute approximate surface area is 127 Å². The lowest BCUT2D eigenvalue weighted by Crippen LogP contribution is -2.49. The number of para-hydroxylation sites is 2. The summed E-state index contributed by atoms with van der Waals surface area (Å²) in [4.78, 5) is 4.77. The third-order valence-corrected chi connectivity index (χ3v) is 4.16. The molecular weight excluding hydrogens is 266 g/mol. The van der Waals surface area contributed by atoms with E-state index in [0.717, 1.165) is 44.9 Å². The maximum atomic E-state index is 9.21. The van der Waals surface area contributed by atoms with Gasteiger partial charge in [0.1, 0.15) is 5.75 Å². The number of hydrogen-bond acceptors (Lipinski definition) is 5. The molecule has 2 rings (SSSR count). The minimum Gasteiger partial charge on any atom is -0.495 e. The van der Waals surface area contributed by atoms with Gasteiger partial charge in [0.05, 0.1) is 19.4 Å². The minimum absolute atomic E-state index is 0.0359. The summed E-state index contributed by atoms with van der Waals surface area (Å²) in [7, 11) is 1.71. The van der Waals surface area contributed by atoms with Crippen molar-refractivity contribution in [1.29, 1.82) is 0 Å². The van der Waals surface area contributed by atoms with Gasteiger partial charge in [-0.25, -0.2) is 0 Å². The first kappa shape index (κ1) is 16.1. The Morgan fingerprint density at radius 3 is 2.52 bits per heavy atom. The van der Waals surface area contributed by atoms with E-state index in [0.29, 0.717) is 0 Å². The van der Waals surface area contributed by atoms with Crippen LogP contribution in [-0.4, -0.2) is 62.0 Å². The Morgan fingerprint density at radius 2 is 1.90 bits per heavy atom. The van der Waals surface area contributed by atoms with E-state index in [1.807, 2.05) is 25.1 Å². The van der Waals surface area contributed by atoms with Crippen molar-refractivity contribution in [1.82, 2.24) is 4.90 Å². The molecule has 1 atom stereocenters. The average Bonchev–Trinajstić information content (AvgIpc) is 2.53. The molecule has 3 N–H and O–H groups in total. The highest BCUT2D eigenvalue weighted by Gasteiger charge is 2.22. The highest BCUT2D eigenvalue weighted by Crippen LogP contribution is 2.28. The Morgan fingerprint density at radius 1 is 1.24 bits per heavy atom. The van der Waals surface area contributed by atoms with Gasteiger partial charge in [-0.05, 0) is 25.5 Å². The SMILES string of the molecule is COc1ccccc1N1CCN(CCC(C)(N)CO)CC1. The molecule has 0 radical (unpaired) electrons. The van der Waals surface area contributed by atoms with Crippen molar-refractivity contribution < 1.29 is 9.84 Å². The Hall–Kier alpha value is -1.30. The van der Waals surface area contributed by atoms with Crippen LogP contribution in [0.3, 0.4) is 0 Å². The molecule has 1 fully saturated rings. The minimum atomic E-state index is -0.472. The van der Waals surface area contributed by atoms with Gasteiger partial charge in [0.2, 0.25) is 0 Å². The Bertz CT molecular complexity index is 443. The normalized spacial score (nSPS) is 19.3. The van der Waals surface area contributed by atoms with Crippen molar-refractivity contribution in [3.8, 4) is 5.75 Å². The number of ether oxygens (including phenoxy) is 1. The zero-order valence-electron chi connectivity index (χ0n) is 13.1. The molecule has 21 heavy (non-hydrogen) atoms. The fourth-order valence-electron chi connectivity index (χ4n) is 2.60. The summed E-state index contributed by atoms with van der Waals surface area (Å²) in [5.74, 6) is 0.931. The molecule has 0 saturated carbocycles.